The number of rotatable bonds is 6. The van der Waals surface area contributed by atoms with Gasteiger partial charge in [-0.1, -0.05) is 146 Å². The van der Waals surface area contributed by atoms with Crippen molar-refractivity contribution in [2.24, 2.45) is 0 Å². The normalized spacial score (nSPS) is 13.3. The van der Waals surface area contributed by atoms with Crippen LogP contribution in [0.2, 0.25) is 0 Å². The summed E-state index contributed by atoms with van der Waals surface area (Å²) in [7, 11) is 0. The maximum atomic E-state index is 2.49. The van der Waals surface area contributed by atoms with Crippen LogP contribution in [0.3, 0.4) is 0 Å². The molecule has 0 saturated carbocycles. The van der Waals surface area contributed by atoms with E-state index in [9.17, 15) is 0 Å². The fourth-order valence-electron chi connectivity index (χ4n) is 9.88. The Morgan fingerprint density at radius 2 is 0.683 bits per heavy atom. The van der Waals surface area contributed by atoms with E-state index < -0.39 is 0 Å². The topological polar surface area (TPSA) is 6.48 Å². The average Bonchev–Trinajstić information content (AvgIpc) is 3.31. The minimum Gasteiger partial charge on any atom is -0.310 e. The molecule has 10 aromatic carbocycles. The van der Waals surface area contributed by atoms with Gasteiger partial charge in [0.15, 0.2) is 0 Å². The first kappa shape index (κ1) is 34.6. The largest absolute Gasteiger partial charge is 0.310 e. The van der Waals surface area contributed by atoms with E-state index in [0.717, 1.165) is 48.4 Å². The zero-order valence-corrected chi connectivity index (χ0v) is 33.4. The van der Waals surface area contributed by atoms with Crippen LogP contribution in [-0.4, -0.2) is 0 Å². The minimum absolute atomic E-state index is 1.08. The van der Waals surface area contributed by atoms with Gasteiger partial charge in [-0.25, -0.2) is 0 Å². The fourth-order valence-corrected chi connectivity index (χ4v) is 9.88. The first-order valence-corrected chi connectivity index (χ1v) is 21.3. The van der Waals surface area contributed by atoms with Crippen molar-refractivity contribution in [2.45, 2.75) is 25.7 Å². The van der Waals surface area contributed by atoms with Crippen molar-refractivity contribution in [3.63, 3.8) is 0 Å². The van der Waals surface area contributed by atoms with Gasteiger partial charge in [0, 0.05) is 33.5 Å². The molecule has 0 bridgehead atoms. The number of benzene rings is 10. The van der Waals surface area contributed by atoms with Gasteiger partial charge in [-0.2, -0.15) is 0 Å². The van der Waals surface area contributed by atoms with E-state index in [-0.39, 0.29) is 0 Å². The van der Waals surface area contributed by atoms with Crippen LogP contribution in [0.25, 0.3) is 66.0 Å². The summed E-state index contributed by atoms with van der Waals surface area (Å²) in [6, 6.07) is 68.2. The van der Waals surface area contributed by atoms with Gasteiger partial charge in [0.1, 0.15) is 0 Å². The molecule has 10 aromatic rings. The molecule has 0 fully saturated rings. The third-order valence-electron chi connectivity index (χ3n) is 12.8. The van der Waals surface area contributed by atoms with Gasteiger partial charge < -0.3 is 9.80 Å². The Labute approximate surface area is 350 Å². The molecule has 0 unspecified atom stereocenters. The van der Waals surface area contributed by atoms with E-state index in [1.165, 1.54) is 87.5 Å². The number of hydrogen-bond donors (Lipinski definition) is 0. The molecule has 0 aromatic heterocycles. The minimum atomic E-state index is 1.08. The Kier molecular flexibility index (Phi) is 8.16. The monoisotopic (exact) mass is 766 g/mol. The summed E-state index contributed by atoms with van der Waals surface area (Å²) in [6.07, 6.45) is 13.6. The van der Waals surface area contributed by atoms with Gasteiger partial charge >= 0.3 is 0 Å². The SMILES string of the molecule is C1=Cc2cc(N(c3ccc4ccccc4c3)c3cc4c5ccccc5c(N(c5ccc6c(c5)C=CCC6)c5ccc6ccccc6c5)cc4c4ccccc34)ccc2CC1. The van der Waals surface area contributed by atoms with E-state index in [1.54, 1.807) is 0 Å². The summed E-state index contributed by atoms with van der Waals surface area (Å²) in [5.41, 5.74) is 12.4. The molecule has 2 aliphatic carbocycles. The first-order valence-electron chi connectivity index (χ1n) is 21.3. The predicted molar refractivity (Wildman–Crippen MR) is 258 cm³/mol. The molecule has 0 saturated heterocycles. The number of nitrogens with zero attached hydrogens (tertiary/aromatic N) is 2. The Bertz CT molecular complexity index is 3180. The summed E-state index contributed by atoms with van der Waals surface area (Å²) in [4.78, 5) is 4.98. The van der Waals surface area contributed by atoms with Gasteiger partial charge in [-0.15, -0.1) is 0 Å². The van der Waals surface area contributed by atoms with Crippen LogP contribution >= 0.6 is 0 Å². The number of fused-ring (bicyclic) bond motifs is 9. The highest BCUT2D eigenvalue weighted by molar-refractivity contribution is 6.24. The van der Waals surface area contributed by atoms with Gasteiger partial charge in [0.25, 0.3) is 0 Å². The molecule has 0 atom stereocenters. The highest BCUT2D eigenvalue weighted by atomic mass is 15.2. The van der Waals surface area contributed by atoms with Gasteiger partial charge in [0.05, 0.1) is 11.4 Å². The van der Waals surface area contributed by atoms with Crippen molar-refractivity contribution in [3.05, 3.63) is 216 Å². The molecule has 60 heavy (non-hydrogen) atoms. The maximum Gasteiger partial charge on any atom is 0.0546 e. The van der Waals surface area contributed by atoms with Crippen molar-refractivity contribution in [1.82, 2.24) is 0 Å². The van der Waals surface area contributed by atoms with E-state index in [2.05, 4.69) is 216 Å². The van der Waals surface area contributed by atoms with E-state index in [4.69, 9.17) is 0 Å². The van der Waals surface area contributed by atoms with Crippen molar-refractivity contribution in [1.29, 1.82) is 0 Å². The lowest BCUT2D eigenvalue weighted by atomic mass is 9.92. The molecular formula is C58H42N2. The number of hydrogen-bond acceptors (Lipinski definition) is 2. The van der Waals surface area contributed by atoms with Gasteiger partial charge in [-0.05, 0) is 152 Å². The molecule has 0 N–H and O–H groups in total. The maximum absolute atomic E-state index is 2.49. The second-order valence-corrected chi connectivity index (χ2v) is 16.4. The smallest absolute Gasteiger partial charge is 0.0546 e. The quantitative estimate of drug-likeness (QED) is 0.156. The van der Waals surface area contributed by atoms with Crippen LogP contribution in [0, 0.1) is 0 Å². The Balaban J connectivity index is 1.14. The van der Waals surface area contributed by atoms with Crippen molar-refractivity contribution < 1.29 is 0 Å². The molecule has 12 rings (SSSR count). The van der Waals surface area contributed by atoms with Crippen LogP contribution < -0.4 is 9.80 Å². The molecule has 284 valence electrons. The average molecular weight is 767 g/mol. The summed E-state index contributed by atoms with van der Waals surface area (Å²) < 4.78 is 0. The summed E-state index contributed by atoms with van der Waals surface area (Å²) in [5.74, 6) is 0. The molecule has 0 amide bonds. The lowest BCUT2D eigenvalue weighted by Gasteiger charge is -2.31. The highest BCUT2D eigenvalue weighted by Gasteiger charge is 2.23. The van der Waals surface area contributed by atoms with Gasteiger partial charge in [-0.3, -0.25) is 0 Å². The molecule has 2 heteroatoms. The fraction of sp³-hybridized carbons (Fsp3) is 0.0690. The van der Waals surface area contributed by atoms with Crippen LogP contribution in [-0.2, 0) is 12.8 Å². The molecule has 0 spiro atoms. The van der Waals surface area contributed by atoms with E-state index in [0.29, 0.717) is 0 Å². The Hall–Kier alpha value is -7.42. The molecule has 0 aliphatic heterocycles. The lowest BCUT2D eigenvalue weighted by Crippen LogP contribution is -2.13. The lowest BCUT2D eigenvalue weighted by molar-refractivity contribution is 0.985. The van der Waals surface area contributed by atoms with Crippen LogP contribution in [0.4, 0.5) is 34.1 Å². The summed E-state index contributed by atoms with van der Waals surface area (Å²) >= 11 is 0. The second-order valence-electron chi connectivity index (χ2n) is 16.4. The standard InChI is InChI=1S/C58H42N2/c1-5-17-43-33-47(29-25-39(43)13-1)59(48-30-26-40-14-2-6-18-44(40)34-48)57-37-55-52-22-10-12-24-54(52)58(38-56(55)51-21-9-11-23-53(51)57)60(49-31-27-41-15-3-7-19-45(41)35-49)50-32-28-42-16-4-8-20-46(42)36-50/h1,3,5-13,15,17-38H,2,4,14,16H2. The van der Waals surface area contributed by atoms with E-state index in [1.807, 2.05) is 0 Å². The van der Waals surface area contributed by atoms with Crippen LogP contribution in [0.1, 0.15) is 35.1 Å². The third kappa shape index (κ3) is 5.79. The van der Waals surface area contributed by atoms with E-state index >= 15 is 0 Å². The summed E-state index contributed by atoms with van der Waals surface area (Å²) in [6.45, 7) is 0. The Morgan fingerprint density at radius 1 is 0.300 bits per heavy atom. The molecule has 2 nitrogen and oxygen atoms in total. The zero-order chi connectivity index (χ0) is 39.6. The highest BCUT2D eigenvalue weighted by Crippen LogP contribution is 2.48. The molecule has 0 radical (unpaired) electrons. The summed E-state index contributed by atoms with van der Waals surface area (Å²) in [5, 5.41) is 12.3. The van der Waals surface area contributed by atoms with Crippen LogP contribution in [0.15, 0.2) is 194 Å². The molecule has 2 aliphatic rings. The van der Waals surface area contributed by atoms with Crippen molar-refractivity contribution >= 4 is 100 Å². The number of anilines is 6. The molecule has 0 heterocycles. The van der Waals surface area contributed by atoms with Crippen molar-refractivity contribution in [3.8, 4) is 0 Å². The third-order valence-corrected chi connectivity index (χ3v) is 12.8. The molecular weight excluding hydrogens is 725 g/mol. The van der Waals surface area contributed by atoms with Crippen molar-refractivity contribution in [2.75, 3.05) is 9.80 Å². The number of aryl methyl sites for hydroxylation is 2. The first-order chi connectivity index (χ1) is 29.7. The van der Waals surface area contributed by atoms with Crippen LogP contribution in [0.5, 0.6) is 0 Å². The predicted octanol–water partition coefficient (Wildman–Crippen LogP) is 16.3. The second kappa shape index (κ2) is 14.1. The number of allylic oxidation sites excluding steroid dienone is 2. The zero-order valence-electron chi connectivity index (χ0n) is 33.4. The van der Waals surface area contributed by atoms with Gasteiger partial charge in [0.2, 0.25) is 0 Å². The Morgan fingerprint density at radius 3 is 1.15 bits per heavy atom.